The zero-order valence-corrected chi connectivity index (χ0v) is 17.6. The minimum atomic E-state index is -1.07. The van der Waals surface area contributed by atoms with Gasteiger partial charge in [-0.2, -0.15) is 0 Å². The molecule has 1 saturated heterocycles. The van der Waals surface area contributed by atoms with Crippen LogP contribution in [0.4, 0.5) is 0 Å². The van der Waals surface area contributed by atoms with E-state index in [4.69, 9.17) is 14.2 Å². The molecule has 160 valence electrons. The Labute approximate surface area is 171 Å². The Morgan fingerprint density at radius 3 is 2.48 bits per heavy atom. The van der Waals surface area contributed by atoms with Crippen LogP contribution in [0.3, 0.4) is 0 Å². The van der Waals surface area contributed by atoms with E-state index in [0.29, 0.717) is 23.1 Å². The fourth-order valence-electron chi connectivity index (χ4n) is 3.68. The summed E-state index contributed by atoms with van der Waals surface area (Å²) in [5.41, 5.74) is 1.33. The van der Waals surface area contributed by atoms with Crippen molar-refractivity contribution >= 4 is 17.9 Å². The van der Waals surface area contributed by atoms with Crippen molar-refractivity contribution in [1.29, 1.82) is 0 Å². The van der Waals surface area contributed by atoms with Gasteiger partial charge in [-0.05, 0) is 51.2 Å². The normalized spacial score (nSPS) is 35.1. The summed E-state index contributed by atoms with van der Waals surface area (Å²) in [6, 6.07) is 0. The van der Waals surface area contributed by atoms with Crippen molar-refractivity contribution in [2.45, 2.75) is 71.9 Å². The average Bonchev–Trinajstić information content (AvgIpc) is 2.91. The monoisotopic (exact) mass is 406 g/mol. The number of hydrogen-bond donors (Lipinski definition) is 1. The smallest absolute Gasteiger partial charge is 0.334 e. The maximum Gasteiger partial charge on any atom is 0.334 e. The number of aliphatic hydroxyl groups excluding tert-OH is 1. The molecule has 0 bridgehead atoms. The molecule has 2 rings (SSSR count). The first-order valence-corrected chi connectivity index (χ1v) is 9.82. The van der Waals surface area contributed by atoms with Crippen LogP contribution in [0.2, 0.25) is 0 Å². The average molecular weight is 406 g/mol. The van der Waals surface area contributed by atoms with Gasteiger partial charge in [-0.3, -0.25) is 4.79 Å². The van der Waals surface area contributed by atoms with Crippen LogP contribution in [0.1, 0.15) is 47.5 Å². The lowest BCUT2D eigenvalue weighted by Gasteiger charge is -2.33. The van der Waals surface area contributed by atoms with Gasteiger partial charge in [0, 0.05) is 24.0 Å². The Balaban J connectivity index is 2.43. The largest absolute Gasteiger partial charge is 0.459 e. The third kappa shape index (κ3) is 5.35. The molecule has 7 heteroatoms. The first kappa shape index (κ1) is 22.9. The molecule has 0 aromatic carbocycles. The van der Waals surface area contributed by atoms with Crippen molar-refractivity contribution < 1.29 is 33.7 Å². The fraction of sp³-hybridized carbons (Fsp3) is 0.591. The molecule has 0 radical (unpaired) electrons. The molecule has 0 aromatic heterocycles. The fourth-order valence-corrected chi connectivity index (χ4v) is 3.68. The zero-order chi connectivity index (χ0) is 21.9. The summed E-state index contributed by atoms with van der Waals surface area (Å²) >= 11 is 0. The summed E-state index contributed by atoms with van der Waals surface area (Å²) in [7, 11) is 0. The number of esters is 3. The van der Waals surface area contributed by atoms with Crippen molar-refractivity contribution in [2.75, 3.05) is 0 Å². The minimum Gasteiger partial charge on any atom is -0.459 e. The predicted octanol–water partition coefficient (Wildman–Crippen LogP) is 2.63. The summed E-state index contributed by atoms with van der Waals surface area (Å²) in [5, 5.41) is 10.7. The number of allylic oxidation sites excluding steroid dienone is 1. The van der Waals surface area contributed by atoms with E-state index in [1.54, 1.807) is 32.9 Å². The van der Waals surface area contributed by atoms with E-state index in [-0.39, 0.29) is 18.3 Å². The second-order valence-corrected chi connectivity index (χ2v) is 7.87. The van der Waals surface area contributed by atoms with E-state index >= 15 is 0 Å². The van der Waals surface area contributed by atoms with Crippen molar-refractivity contribution in [3.8, 4) is 0 Å². The van der Waals surface area contributed by atoms with Crippen molar-refractivity contribution in [1.82, 2.24) is 0 Å². The molecule has 0 saturated carbocycles. The molecule has 6 atom stereocenters. The van der Waals surface area contributed by atoms with Gasteiger partial charge in [0.2, 0.25) is 0 Å². The second-order valence-electron chi connectivity index (χ2n) is 7.87. The van der Waals surface area contributed by atoms with Crippen molar-refractivity contribution in [2.24, 2.45) is 11.8 Å². The molecule has 1 N–H and O–H groups in total. The van der Waals surface area contributed by atoms with Crippen LogP contribution in [-0.2, 0) is 28.6 Å². The Kier molecular flexibility index (Phi) is 7.41. The van der Waals surface area contributed by atoms with E-state index in [0.717, 1.165) is 0 Å². The number of hydrogen-bond acceptors (Lipinski definition) is 7. The number of ether oxygens (including phenoxy) is 3. The van der Waals surface area contributed by atoms with Gasteiger partial charge in [0.25, 0.3) is 0 Å². The van der Waals surface area contributed by atoms with E-state index in [1.807, 2.05) is 6.92 Å². The van der Waals surface area contributed by atoms with Crippen molar-refractivity contribution in [3.05, 3.63) is 35.5 Å². The van der Waals surface area contributed by atoms with Crippen LogP contribution in [0.15, 0.2) is 35.5 Å². The van der Waals surface area contributed by atoms with Gasteiger partial charge in [0.05, 0.1) is 0 Å². The van der Waals surface area contributed by atoms with Gasteiger partial charge in [0.1, 0.15) is 24.4 Å². The van der Waals surface area contributed by atoms with Gasteiger partial charge in [-0.15, -0.1) is 0 Å². The van der Waals surface area contributed by atoms with Crippen LogP contribution < -0.4 is 0 Å². The van der Waals surface area contributed by atoms with Crippen LogP contribution in [0.25, 0.3) is 0 Å². The number of aliphatic hydroxyl groups is 1. The molecule has 2 aliphatic rings. The molecule has 0 spiro atoms. The lowest BCUT2D eigenvalue weighted by atomic mass is 9.81. The number of fused-ring (bicyclic) bond motifs is 1. The third-order valence-electron chi connectivity index (χ3n) is 5.65. The minimum absolute atomic E-state index is 0.252. The van der Waals surface area contributed by atoms with Crippen LogP contribution >= 0.6 is 0 Å². The summed E-state index contributed by atoms with van der Waals surface area (Å²) in [4.78, 5) is 36.0. The van der Waals surface area contributed by atoms with Crippen molar-refractivity contribution in [3.63, 3.8) is 0 Å². The van der Waals surface area contributed by atoms with E-state index in [2.05, 4.69) is 6.58 Å². The SMILES string of the molecule is C=C1C(=O)O[C@@H]2/C=C(\C)[C@@H](O)[C@H](OC(C)=O)C[C@@H](C)[C@@H](OC(=O)/C(C)=C/C)C[C@@H]12. The molecule has 0 amide bonds. The first-order valence-electron chi connectivity index (χ1n) is 9.82. The number of carbonyl (C=O) groups is 3. The molecule has 0 aromatic rings. The Morgan fingerprint density at radius 1 is 1.24 bits per heavy atom. The lowest BCUT2D eigenvalue weighted by Crippen LogP contribution is -2.39. The quantitative estimate of drug-likeness (QED) is 0.333. The topological polar surface area (TPSA) is 99.1 Å². The van der Waals surface area contributed by atoms with Crippen LogP contribution in [0, 0.1) is 11.8 Å². The molecule has 1 aliphatic carbocycles. The Hall–Kier alpha value is -2.41. The number of carbonyl (C=O) groups excluding carboxylic acids is 3. The molecular weight excluding hydrogens is 376 g/mol. The molecule has 7 nitrogen and oxygen atoms in total. The van der Waals surface area contributed by atoms with Gasteiger partial charge in [-0.25, -0.2) is 9.59 Å². The van der Waals surface area contributed by atoms with Gasteiger partial charge < -0.3 is 19.3 Å². The highest BCUT2D eigenvalue weighted by molar-refractivity contribution is 5.91. The predicted molar refractivity (Wildman–Crippen MR) is 106 cm³/mol. The Morgan fingerprint density at radius 2 is 1.90 bits per heavy atom. The molecule has 29 heavy (non-hydrogen) atoms. The molecule has 1 fully saturated rings. The van der Waals surface area contributed by atoms with Gasteiger partial charge in [-0.1, -0.05) is 19.6 Å². The molecule has 1 heterocycles. The summed E-state index contributed by atoms with van der Waals surface area (Å²) in [6.07, 6.45) is 0.873. The van der Waals surface area contributed by atoms with Crippen LogP contribution in [-0.4, -0.2) is 47.4 Å². The van der Waals surface area contributed by atoms with E-state index in [9.17, 15) is 19.5 Å². The third-order valence-corrected chi connectivity index (χ3v) is 5.65. The highest BCUT2D eigenvalue weighted by Crippen LogP contribution is 2.37. The summed E-state index contributed by atoms with van der Waals surface area (Å²) in [6.45, 7) is 12.1. The maximum absolute atomic E-state index is 12.4. The standard InChI is InChI=1S/C22H30O7/c1-7-11(2)21(25)28-17-10-16-14(5)22(26)29-18(16)9-13(4)20(24)19(8-12(17)3)27-15(6)23/h7,9,12,16-20,24H,5,8,10H2,1-4,6H3/b11-7+,13-9+/t12-,16+,17+,18-,19-,20-/m1/s1. The zero-order valence-electron chi connectivity index (χ0n) is 17.6. The van der Waals surface area contributed by atoms with Crippen LogP contribution in [0.5, 0.6) is 0 Å². The molecular formula is C22H30O7. The second kappa shape index (κ2) is 9.39. The first-order chi connectivity index (χ1) is 13.5. The molecule has 0 unspecified atom stereocenters. The van der Waals surface area contributed by atoms with Gasteiger partial charge >= 0.3 is 17.9 Å². The lowest BCUT2D eigenvalue weighted by molar-refractivity contribution is -0.157. The Bertz CT molecular complexity index is 748. The number of rotatable bonds is 3. The summed E-state index contributed by atoms with van der Waals surface area (Å²) in [5.74, 6) is -2.09. The maximum atomic E-state index is 12.4. The van der Waals surface area contributed by atoms with Gasteiger partial charge in [0.15, 0.2) is 0 Å². The van der Waals surface area contributed by atoms with E-state index < -0.39 is 42.3 Å². The summed E-state index contributed by atoms with van der Waals surface area (Å²) < 4.78 is 16.5. The highest BCUT2D eigenvalue weighted by Gasteiger charge is 2.43. The highest BCUT2D eigenvalue weighted by atomic mass is 16.6. The van der Waals surface area contributed by atoms with E-state index in [1.165, 1.54) is 6.92 Å². The molecule has 1 aliphatic heterocycles.